The Balaban J connectivity index is 5.39. The van der Waals surface area contributed by atoms with Gasteiger partial charge in [-0.25, -0.2) is 9.13 Å². The van der Waals surface area contributed by atoms with Gasteiger partial charge in [0.25, 0.3) is 0 Å². The predicted octanol–water partition coefficient (Wildman–Crippen LogP) is 23.9. The van der Waals surface area contributed by atoms with Gasteiger partial charge in [-0.05, 0) is 128 Å². The fraction of sp³-hybridized carbons (Fsp3) is 0.718. The number of ether oxygens (including phenoxy) is 4. The Morgan fingerprint density at radius 1 is 0.279 bits per heavy atom. The van der Waals surface area contributed by atoms with Gasteiger partial charge in [0, 0.05) is 25.7 Å². The second-order valence-electron chi connectivity index (χ2n) is 27.0. The molecule has 3 N–H and O–H groups in total. The number of hydrogen-bond acceptors (Lipinski definition) is 15. The number of aliphatic hydroxyl groups excluding tert-OH is 1. The largest absolute Gasteiger partial charge is 0.472 e. The van der Waals surface area contributed by atoms with Gasteiger partial charge >= 0.3 is 39.5 Å². The van der Waals surface area contributed by atoms with E-state index in [0.29, 0.717) is 25.7 Å². The van der Waals surface area contributed by atoms with Crippen LogP contribution in [0.1, 0.15) is 336 Å². The molecular formula is C85H146O17P2. The van der Waals surface area contributed by atoms with Crippen molar-refractivity contribution >= 4 is 39.5 Å². The number of rotatable bonds is 76. The highest BCUT2D eigenvalue weighted by molar-refractivity contribution is 7.47. The number of hydrogen-bond donors (Lipinski definition) is 3. The molecule has 0 aromatic heterocycles. The van der Waals surface area contributed by atoms with Crippen LogP contribution >= 0.6 is 15.6 Å². The average molecular weight is 1500 g/mol. The van der Waals surface area contributed by atoms with Gasteiger partial charge in [0.15, 0.2) is 12.2 Å². The number of phosphoric ester groups is 2. The van der Waals surface area contributed by atoms with Gasteiger partial charge in [-0.2, -0.15) is 0 Å². The Morgan fingerprint density at radius 3 is 0.808 bits per heavy atom. The number of phosphoric acid groups is 2. The van der Waals surface area contributed by atoms with Crippen LogP contribution in [0.15, 0.2) is 122 Å². The van der Waals surface area contributed by atoms with Crippen LogP contribution in [0.4, 0.5) is 0 Å². The number of unbranched alkanes of at least 4 members (excludes halogenated alkanes) is 30. The molecule has 0 fully saturated rings. The number of aliphatic hydroxyl groups is 1. The summed E-state index contributed by atoms with van der Waals surface area (Å²) >= 11 is 0. The van der Waals surface area contributed by atoms with Crippen LogP contribution in [0.2, 0.25) is 0 Å². The molecule has 0 saturated carbocycles. The zero-order valence-electron chi connectivity index (χ0n) is 65.4. The van der Waals surface area contributed by atoms with Gasteiger partial charge in [-0.1, -0.05) is 303 Å². The van der Waals surface area contributed by atoms with Crippen LogP contribution in [0.25, 0.3) is 0 Å². The Bertz CT molecular complexity index is 2440. The normalized spacial score (nSPS) is 14.5. The molecule has 0 aliphatic carbocycles. The smallest absolute Gasteiger partial charge is 0.462 e. The highest BCUT2D eigenvalue weighted by Gasteiger charge is 2.30. The summed E-state index contributed by atoms with van der Waals surface area (Å²) in [5.41, 5.74) is 0. The third-order valence-electron chi connectivity index (χ3n) is 16.9. The lowest BCUT2D eigenvalue weighted by Crippen LogP contribution is -2.30. The van der Waals surface area contributed by atoms with Crippen LogP contribution < -0.4 is 0 Å². The minimum absolute atomic E-state index is 0.0611. The van der Waals surface area contributed by atoms with Gasteiger partial charge in [0.2, 0.25) is 0 Å². The molecule has 5 unspecified atom stereocenters. The predicted molar refractivity (Wildman–Crippen MR) is 427 cm³/mol. The zero-order chi connectivity index (χ0) is 76.0. The molecule has 104 heavy (non-hydrogen) atoms. The lowest BCUT2D eigenvalue weighted by Gasteiger charge is -2.21. The van der Waals surface area contributed by atoms with E-state index in [2.05, 4.69) is 149 Å². The molecule has 17 nitrogen and oxygen atoms in total. The first-order valence-corrected chi connectivity index (χ1v) is 43.8. The van der Waals surface area contributed by atoms with Crippen molar-refractivity contribution in [2.24, 2.45) is 0 Å². The molecule has 0 saturated heterocycles. The number of esters is 4. The highest BCUT2D eigenvalue weighted by atomic mass is 31.2. The van der Waals surface area contributed by atoms with E-state index < -0.39 is 97.5 Å². The van der Waals surface area contributed by atoms with Gasteiger partial charge in [-0.15, -0.1) is 0 Å². The summed E-state index contributed by atoms with van der Waals surface area (Å²) in [6.45, 7) is 4.56. The summed E-state index contributed by atoms with van der Waals surface area (Å²) in [7, 11) is -9.97. The molecule has 0 heterocycles. The molecule has 0 radical (unpaired) electrons. The van der Waals surface area contributed by atoms with E-state index in [1.165, 1.54) is 70.6 Å². The molecule has 0 aliphatic rings. The molecule has 0 aromatic carbocycles. The van der Waals surface area contributed by atoms with Crippen molar-refractivity contribution in [1.82, 2.24) is 0 Å². The average Bonchev–Trinajstić information content (AvgIpc) is 0.911. The fourth-order valence-electron chi connectivity index (χ4n) is 10.8. The molecule has 0 rings (SSSR count). The highest BCUT2D eigenvalue weighted by Crippen LogP contribution is 2.45. The van der Waals surface area contributed by atoms with Crippen molar-refractivity contribution in [3.63, 3.8) is 0 Å². The Morgan fingerprint density at radius 2 is 0.519 bits per heavy atom. The maximum atomic E-state index is 13.1. The monoisotopic (exact) mass is 1500 g/mol. The number of carbonyl (C=O) groups excluding carboxylic acids is 4. The topological polar surface area (TPSA) is 237 Å². The van der Waals surface area contributed by atoms with Crippen molar-refractivity contribution in [3.8, 4) is 0 Å². The summed E-state index contributed by atoms with van der Waals surface area (Å²) in [4.78, 5) is 73.1. The quantitative estimate of drug-likeness (QED) is 0.0169. The Kier molecular flexibility index (Phi) is 73.3. The SMILES string of the molecule is CC/C=C\C/C=C\C/C=C\C/C=C\CCCCCCCCC(=O)OCC(COP(=O)(O)OCC(O)COP(=O)(O)OCC(COC(=O)CCCCCCCCCCCCCCCCC)OC(=O)CCCCCCC/C=C\C/C=C\CCC)OC(=O)CCCCCC/C=C\C/C=C\C/C=C\C/C=C\CC. The van der Waals surface area contributed by atoms with Crippen molar-refractivity contribution in [1.29, 1.82) is 0 Å². The second kappa shape index (κ2) is 76.6. The van der Waals surface area contributed by atoms with Crippen molar-refractivity contribution in [2.45, 2.75) is 354 Å². The van der Waals surface area contributed by atoms with Gasteiger partial charge < -0.3 is 33.8 Å². The number of carbonyl (C=O) groups is 4. The molecule has 598 valence electrons. The fourth-order valence-corrected chi connectivity index (χ4v) is 12.3. The maximum Gasteiger partial charge on any atom is 0.472 e. The van der Waals surface area contributed by atoms with Crippen LogP contribution in [-0.2, 0) is 65.4 Å². The van der Waals surface area contributed by atoms with Crippen LogP contribution in [0, 0.1) is 0 Å². The third-order valence-corrected chi connectivity index (χ3v) is 18.8. The van der Waals surface area contributed by atoms with E-state index >= 15 is 0 Å². The molecule has 19 heteroatoms. The molecule has 5 atom stereocenters. The summed E-state index contributed by atoms with van der Waals surface area (Å²) in [5.74, 6) is -2.22. The first-order valence-electron chi connectivity index (χ1n) is 40.8. The van der Waals surface area contributed by atoms with E-state index in [0.717, 1.165) is 186 Å². The van der Waals surface area contributed by atoms with Crippen LogP contribution in [-0.4, -0.2) is 96.7 Å². The molecule has 0 bridgehead atoms. The lowest BCUT2D eigenvalue weighted by atomic mass is 10.0. The first kappa shape index (κ1) is 99.5. The van der Waals surface area contributed by atoms with Gasteiger partial charge in [0.1, 0.15) is 19.3 Å². The summed E-state index contributed by atoms with van der Waals surface area (Å²) in [6.07, 6.45) is 84.5. The van der Waals surface area contributed by atoms with E-state index in [9.17, 15) is 43.2 Å². The van der Waals surface area contributed by atoms with Gasteiger partial charge in [0.05, 0.1) is 26.4 Å². The number of allylic oxidation sites excluding steroid dienone is 20. The summed E-state index contributed by atoms with van der Waals surface area (Å²) in [5, 5.41) is 10.6. The molecule has 0 amide bonds. The van der Waals surface area contributed by atoms with Gasteiger partial charge in [-0.3, -0.25) is 37.3 Å². The Labute approximate surface area is 632 Å². The molecule has 0 aliphatic heterocycles. The van der Waals surface area contributed by atoms with E-state index in [-0.39, 0.29) is 25.7 Å². The maximum absolute atomic E-state index is 13.1. The first-order chi connectivity index (χ1) is 50.7. The van der Waals surface area contributed by atoms with Crippen LogP contribution in [0.5, 0.6) is 0 Å². The summed E-state index contributed by atoms with van der Waals surface area (Å²) < 4.78 is 68.6. The molecule has 0 spiro atoms. The summed E-state index contributed by atoms with van der Waals surface area (Å²) in [6, 6.07) is 0. The minimum Gasteiger partial charge on any atom is -0.462 e. The molecule has 0 aromatic rings. The lowest BCUT2D eigenvalue weighted by molar-refractivity contribution is -0.161. The van der Waals surface area contributed by atoms with Crippen molar-refractivity contribution < 1.29 is 80.2 Å². The zero-order valence-corrected chi connectivity index (χ0v) is 67.2. The van der Waals surface area contributed by atoms with Crippen molar-refractivity contribution in [3.05, 3.63) is 122 Å². The van der Waals surface area contributed by atoms with E-state index in [1.54, 1.807) is 0 Å². The second-order valence-corrected chi connectivity index (χ2v) is 29.9. The van der Waals surface area contributed by atoms with Crippen molar-refractivity contribution in [2.75, 3.05) is 39.6 Å². The van der Waals surface area contributed by atoms with Crippen LogP contribution in [0.3, 0.4) is 0 Å². The third kappa shape index (κ3) is 75.7. The van der Waals surface area contributed by atoms with E-state index in [1.807, 2.05) is 0 Å². The standard InChI is InChI=1S/C85H146O17P2/c1-5-9-13-17-21-25-29-33-36-38-39-41-43-47-50-54-58-62-66-70-83(88)96-76-81(102-85(90)72-68-64-60-56-52-48-44-40-37-34-30-26-22-18-14-10-6-2)78-100-104(93,94)98-74-79(86)73-97-103(91,92)99-77-80(101-84(89)71-67-63-59-55-51-45-32-28-24-20-16-12-8-4)75-95-82(87)69-65-61-57-53-49-46-42-35-31-27-23-19-15-11-7-3/h9-10,13-14,16,20-22,25-26,28,32-34,36-37,39,41,44,48,79-81,86H,5-8,11-12,15,17-19,23-24,27,29-31,35,38,40,42-43,45-47,49-78H2,1-4H3,(H,91,92)(H,93,94)/b13-9-,14-10-,20-16-,25-21-,26-22-,32-28-,36-33-,37-34-,41-39-,48-44-. The van der Waals surface area contributed by atoms with E-state index in [4.69, 9.17) is 37.0 Å². The molecular weight excluding hydrogens is 1350 g/mol. The minimum atomic E-state index is -4.99. The Hall–Kier alpha value is -4.54.